The predicted molar refractivity (Wildman–Crippen MR) is 105 cm³/mol. The number of hydrogen-bond acceptors (Lipinski definition) is 6. The maximum atomic E-state index is 13.1. The lowest BCUT2D eigenvalue weighted by atomic mass is 10.0. The van der Waals surface area contributed by atoms with Gasteiger partial charge < -0.3 is 5.32 Å². The number of nitrogens with zero attached hydrogens (tertiary/aromatic N) is 2. The molecule has 8 heteroatoms. The zero-order valence-corrected chi connectivity index (χ0v) is 15.5. The Kier molecular flexibility index (Phi) is 4.70. The molecule has 0 saturated carbocycles. The minimum atomic E-state index is -0.548. The summed E-state index contributed by atoms with van der Waals surface area (Å²) in [5, 5.41) is 14.2. The largest absolute Gasteiger partial charge is 0.313 e. The first-order valence-corrected chi connectivity index (χ1v) is 9.51. The van der Waals surface area contributed by atoms with Gasteiger partial charge in [-0.25, -0.2) is 0 Å². The van der Waals surface area contributed by atoms with E-state index >= 15 is 0 Å². The van der Waals surface area contributed by atoms with Gasteiger partial charge in [0, 0.05) is 40.5 Å². The Bertz CT molecular complexity index is 1090. The van der Waals surface area contributed by atoms with Gasteiger partial charge in [0.2, 0.25) is 0 Å². The Morgan fingerprint density at radius 3 is 2.71 bits per heavy atom. The third-order valence-electron chi connectivity index (χ3n) is 4.62. The summed E-state index contributed by atoms with van der Waals surface area (Å²) >= 11 is 1.40. The highest BCUT2D eigenvalue weighted by Gasteiger charge is 2.28. The number of pyridine rings is 1. The lowest BCUT2D eigenvalue weighted by molar-refractivity contribution is -0.384. The fourth-order valence-electron chi connectivity index (χ4n) is 3.31. The third kappa shape index (κ3) is 3.29. The molecule has 0 spiro atoms. The standard InChI is InChI=1S/C20H15N3O4S/c24-18(13-5-3-9-21-11-13)17-15-7-2-8-16(15)28-20(17)22-19(25)12-4-1-6-14(10-12)23(26)27/h1,3-6,9-11H,2,7-8H2,(H,22,25). The van der Waals surface area contributed by atoms with Crippen molar-refractivity contribution in [3.8, 4) is 0 Å². The summed E-state index contributed by atoms with van der Waals surface area (Å²) in [5.41, 5.74) is 1.95. The van der Waals surface area contributed by atoms with Crippen LogP contribution in [-0.4, -0.2) is 21.6 Å². The normalized spacial score (nSPS) is 12.4. The molecule has 1 amide bonds. The van der Waals surface area contributed by atoms with Crippen LogP contribution in [0.15, 0.2) is 48.8 Å². The summed E-state index contributed by atoms with van der Waals surface area (Å²) in [6.45, 7) is 0. The molecule has 0 bridgehead atoms. The number of fused-ring (bicyclic) bond motifs is 1. The number of ketones is 1. The molecular formula is C20H15N3O4S. The van der Waals surface area contributed by atoms with Crippen LogP contribution >= 0.6 is 11.3 Å². The third-order valence-corrected chi connectivity index (χ3v) is 5.83. The van der Waals surface area contributed by atoms with Crippen LogP contribution in [0, 0.1) is 10.1 Å². The number of nitrogens with one attached hydrogen (secondary N) is 1. The minimum absolute atomic E-state index is 0.159. The van der Waals surface area contributed by atoms with Gasteiger partial charge in [-0.05, 0) is 43.0 Å². The topological polar surface area (TPSA) is 102 Å². The molecule has 4 rings (SSSR count). The number of carbonyl (C=O) groups is 2. The summed E-state index contributed by atoms with van der Waals surface area (Å²) < 4.78 is 0. The molecule has 3 aromatic rings. The van der Waals surface area contributed by atoms with E-state index in [4.69, 9.17) is 0 Å². The Labute approximate surface area is 164 Å². The van der Waals surface area contributed by atoms with Gasteiger partial charge in [0.1, 0.15) is 5.00 Å². The summed E-state index contributed by atoms with van der Waals surface area (Å²) in [6.07, 6.45) is 5.75. The Morgan fingerprint density at radius 2 is 1.96 bits per heavy atom. The highest BCUT2D eigenvalue weighted by Crippen LogP contribution is 2.40. The van der Waals surface area contributed by atoms with Crippen LogP contribution in [0.2, 0.25) is 0 Å². The Morgan fingerprint density at radius 1 is 1.14 bits per heavy atom. The number of hydrogen-bond donors (Lipinski definition) is 1. The van der Waals surface area contributed by atoms with Gasteiger partial charge in [-0.2, -0.15) is 0 Å². The highest BCUT2D eigenvalue weighted by atomic mass is 32.1. The number of carbonyl (C=O) groups excluding carboxylic acids is 2. The van der Waals surface area contributed by atoms with Crippen molar-refractivity contribution >= 4 is 33.7 Å². The number of rotatable bonds is 5. The lowest BCUT2D eigenvalue weighted by Gasteiger charge is -2.08. The smallest absolute Gasteiger partial charge is 0.270 e. The molecule has 1 aliphatic rings. The van der Waals surface area contributed by atoms with E-state index in [0.717, 1.165) is 29.7 Å². The number of benzene rings is 1. The van der Waals surface area contributed by atoms with Crippen molar-refractivity contribution < 1.29 is 14.5 Å². The number of anilines is 1. The number of non-ortho nitro benzene ring substituents is 1. The summed E-state index contributed by atoms with van der Waals surface area (Å²) in [5.74, 6) is -0.661. The summed E-state index contributed by atoms with van der Waals surface area (Å²) in [6, 6.07) is 8.91. The number of nitro benzene ring substituents is 1. The molecule has 0 fully saturated rings. The number of amides is 1. The molecule has 2 aromatic heterocycles. The highest BCUT2D eigenvalue weighted by molar-refractivity contribution is 7.17. The zero-order valence-electron chi connectivity index (χ0n) is 14.7. The van der Waals surface area contributed by atoms with Crippen LogP contribution in [0.3, 0.4) is 0 Å². The predicted octanol–water partition coefficient (Wildman–Crippen LogP) is 4.02. The molecule has 1 aliphatic carbocycles. The second-order valence-electron chi connectivity index (χ2n) is 6.39. The van der Waals surface area contributed by atoms with Gasteiger partial charge in [0.15, 0.2) is 5.78 Å². The number of aromatic nitrogens is 1. The van der Waals surface area contributed by atoms with Crippen molar-refractivity contribution in [3.63, 3.8) is 0 Å². The van der Waals surface area contributed by atoms with Gasteiger partial charge in [-0.15, -0.1) is 11.3 Å². The van der Waals surface area contributed by atoms with Crippen LogP contribution < -0.4 is 5.32 Å². The zero-order chi connectivity index (χ0) is 19.7. The first-order valence-electron chi connectivity index (χ1n) is 8.69. The van der Waals surface area contributed by atoms with Crippen LogP contribution in [0.1, 0.15) is 43.1 Å². The second-order valence-corrected chi connectivity index (χ2v) is 7.50. The number of aryl methyl sites for hydroxylation is 1. The quantitative estimate of drug-likeness (QED) is 0.401. The van der Waals surface area contributed by atoms with Crippen LogP contribution in [-0.2, 0) is 12.8 Å². The summed E-state index contributed by atoms with van der Waals surface area (Å²) in [7, 11) is 0. The Hall–Kier alpha value is -3.39. The van der Waals surface area contributed by atoms with E-state index in [9.17, 15) is 19.7 Å². The molecule has 1 N–H and O–H groups in total. The molecule has 1 aromatic carbocycles. The van der Waals surface area contributed by atoms with Gasteiger partial charge in [0.25, 0.3) is 11.6 Å². The van der Waals surface area contributed by atoms with E-state index in [1.54, 1.807) is 18.3 Å². The number of nitro groups is 1. The maximum absolute atomic E-state index is 13.1. The molecule has 0 saturated heterocycles. The van der Waals surface area contributed by atoms with Crippen LogP contribution in [0.25, 0.3) is 0 Å². The molecule has 0 radical (unpaired) electrons. The fraction of sp³-hybridized carbons (Fsp3) is 0.150. The van der Waals surface area contributed by atoms with E-state index in [2.05, 4.69) is 10.3 Å². The lowest BCUT2D eigenvalue weighted by Crippen LogP contribution is -2.14. The van der Waals surface area contributed by atoms with Crippen molar-refractivity contribution in [2.24, 2.45) is 0 Å². The molecule has 7 nitrogen and oxygen atoms in total. The maximum Gasteiger partial charge on any atom is 0.270 e. The van der Waals surface area contributed by atoms with Gasteiger partial charge >= 0.3 is 0 Å². The van der Waals surface area contributed by atoms with Crippen molar-refractivity contribution in [2.45, 2.75) is 19.3 Å². The average Bonchev–Trinajstić information content (AvgIpc) is 3.29. The van der Waals surface area contributed by atoms with E-state index in [1.165, 1.54) is 41.8 Å². The fourth-order valence-corrected chi connectivity index (χ4v) is 4.59. The molecule has 140 valence electrons. The van der Waals surface area contributed by atoms with E-state index in [-0.39, 0.29) is 17.0 Å². The second kappa shape index (κ2) is 7.32. The van der Waals surface area contributed by atoms with E-state index in [1.807, 2.05) is 0 Å². The molecule has 28 heavy (non-hydrogen) atoms. The molecule has 0 aliphatic heterocycles. The van der Waals surface area contributed by atoms with Crippen molar-refractivity contribution in [1.29, 1.82) is 0 Å². The molecular weight excluding hydrogens is 378 g/mol. The van der Waals surface area contributed by atoms with Gasteiger partial charge in [-0.1, -0.05) is 6.07 Å². The first-order chi connectivity index (χ1) is 13.5. The molecule has 2 heterocycles. The average molecular weight is 393 g/mol. The molecule has 0 unspecified atom stereocenters. The first kappa shape index (κ1) is 18.0. The van der Waals surface area contributed by atoms with Crippen LogP contribution in [0.5, 0.6) is 0 Å². The van der Waals surface area contributed by atoms with Crippen molar-refractivity contribution in [2.75, 3.05) is 5.32 Å². The van der Waals surface area contributed by atoms with E-state index < -0.39 is 10.8 Å². The van der Waals surface area contributed by atoms with Crippen molar-refractivity contribution in [1.82, 2.24) is 4.98 Å². The van der Waals surface area contributed by atoms with Gasteiger partial charge in [0.05, 0.1) is 10.5 Å². The summed E-state index contributed by atoms with van der Waals surface area (Å²) in [4.78, 5) is 41.3. The minimum Gasteiger partial charge on any atom is -0.313 e. The van der Waals surface area contributed by atoms with E-state index in [0.29, 0.717) is 16.1 Å². The SMILES string of the molecule is O=C(Nc1sc2c(c1C(=O)c1cccnc1)CCC2)c1cccc([N+](=O)[O-])c1. The Balaban J connectivity index is 1.69. The molecule has 0 atom stereocenters. The van der Waals surface area contributed by atoms with Crippen LogP contribution in [0.4, 0.5) is 10.7 Å². The van der Waals surface area contributed by atoms with Crippen molar-refractivity contribution in [3.05, 3.63) is 86.0 Å². The number of thiophene rings is 1. The van der Waals surface area contributed by atoms with Gasteiger partial charge in [-0.3, -0.25) is 24.7 Å². The monoisotopic (exact) mass is 393 g/mol.